The first-order valence-corrected chi connectivity index (χ1v) is 15.4. The van der Waals surface area contributed by atoms with Gasteiger partial charge in [0.25, 0.3) is 0 Å². The molecular formula is C26H42N3NaO8S. The molecule has 11 nitrogen and oxygen atoms in total. The quantitative estimate of drug-likeness (QED) is 0.162. The largest absolute Gasteiger partial charge is 1.00 e. The van der Waals surface area contributed by atoms with Gasteiger partial charge in [0.15, 0.2) is 5.44 Å². The van der Waals surface area contributed by atoms with Crippen molar-refractivity contribution in [2.75, 3.05) is 13.2 Å². The molecule has 0 spiro atoms. The third-order valence-electron chi connectivity index (χ3n) is 9.02. The Kier molecular flexibility index (Phi) is 11.2. The summed E-state index contributed by atoms with van der Waals surface area (Å²) in [4.78, 5) is 37.8. The molecule has 39 heavy (non-hydrogen) atoms. The second-order valence-electron chi connectivity index (χ2n) is 12.6. The molecule has 0 aromatic carbocycles. The van der Waals surface area contributed by atoms with Crippen LogP contribution in [0.4, 0.5) is 4.79 Å². The number of hydrogen-bond donors (Lipinski definition) is 4. The van der Waals surface area contributed by atoms with Gasteiger partial charge in [0.1, 0.15) is 16.2 Å². The molecule has 5 aliphatic rings. The molecule has 5 fully saturated rings. The summed E-state index contributed by atoms with van der Waals surface area (Å²) in [6, 6.07) is -2.56. The zero-order valence-corrected chi connectivity index (χ0v) is 26.1. The second-order valence-corrected chi connectivity index (χ2v) is 14.1. The van der Waals surface area contributed by atoms with Gasteiger partial charge in [-0.1, -0.05) is 13.8 Å². The van der Waals surface area contributed by atoms with Gasteiger partial charge in [0.05, 0.1) is 12.6 Å². The van der Waals surface area contributed by atoms with E-state index in [1.54, 1.807) is 0 Å². The Morgan fingerprint density at radius 3 is 2.21 bits per heavy atom. The number of amides is 3. The van der Waals surface area contributed by atoms with Gasteiger partial charge >= 0.3 is 35.7 Å². The Hall–Kier alpha value is -0.920. The van der Waals surface area contributed by atoms with Crippen LogP contribution >= 0.6 is 0 Å². The van der Waals surface area contributed by atoms with E-state index in [9.17, 15) is 32.5 Å². The van der Waals surface area contributed by atoms with Crippen LogP contribution in [0.25, 0.3) is 0 Å². The number of aliphatic hydroxyl groups excluding tert-OH is 1. The second kappa shape index (κ2) is 13.4. The monoisotopic (exact) mass is 579 g/mol. The summed E-state index contributed by atoms with van der Waals surface area (Å²) in [6.07, 6.45) is 8.08. The summed E-state index contributed by atoms with van der Waals surface area (Å²) in [5, 5.41) is 17.8. The third kappa shape index (κ3) is 8.54. The van der Waals surface area contributed by atoms with E-state index in [-0.39, 0.29) is 66.2 Å². The number of alkyl carbamates (subject to hydrolysis) is 1. The molecule has 216 valence electrons. The molecular weight excluding hydrogens is 537 g/mol. The Labute approximate surface area is 253 Å². The van der Waals surface area contributed by atoms with Crippen LogP contribution in [0.3, 0.4) is 0 Å². The molecule has 4 aliphatic carbocycles. The van der Waals surface area contributed by atoms with Gasteiger partial charge in [-0.3, -0.25) is 9.59 Å². The van der Waals surface area contributed by atoms with Gasteiger partial charge in [0, 0.05) is 12.5 Å². The fourth-order valence-corrected chi connectivity index (χ4v) is 8.33. The Balaban J connectivity index is 0.00000420. The van der Waals surface area contributed by atoms with Gasteiger partial charge < -0.3 is 30.3 Å². The summed E-state index contributed by atoms with van der Waals surface area (Å²) >= 11 is 0. The van der Waals surface area contributed by atoms with Crippen molar-refractivity contribution in [3.8, 4) is 0 Å². The van der Waals surface area contributed by atoms with Crippen molar-refractivity contribution >= 4 is 28.0 Å². The summed E-state index contributed by atoms with van der Waals surface area (Å²) in [5.74, 6) is 0.650. The van der Waals surface area contributed by atoms with Gasteiger partial charge in [-0.05, 0) is 93.3 Å². The molecule has 13 heteroatoms. The molecule has 1 saturated heterocycles. The number of aliphatic hydroxyl groups is 1. The van der Waals surface area contributed by atoms with Gasteiger partial charge in [-0.25, -0.2) is 13.2 Å². The topological polar surface area (TPSA) is 174 Å². The van der Waals surface area contributed by atoms with Crippen LogP contribution in [-0.4, -0.2) is 66.7 Å². The number of nitrogens with one attached hydrogen (secondary N) is 3. The minimum absolute atomic E-state index is 0. The number of carbonyl (C=O) groups excluding carboxylic acids is 3. The number of hydrogen-bond acceptors (Lipinski definition) is 8. The van der Waals surface area contributed by atoms with Crippen molar-refractivity contribution in [2.45, 2.75) is 95.6 Å². The molecule has 0 radical (unpaired) electrons. The van der Waals surface area contributed by atoms with E-state index in [1.807, 2.05) is 13.8 Å². The first kappa shape index (κ1) is 32.6. The molecule has 4 N–H and O–H groups in total. The van der Waals surface area contributed by atoms with Gasteiger partial charge in [-0.2, -0.15) is 0 Å². The van der Waals surface area contributed by atoms with Crippen LogP contribution in [0.15, 0.2) is 0 Å². The summed E-state index contributed by atoms with van der Waals surface area (Å²) in [7, 11) is -5.16. The van der Waals surface area contributed by atoms with Crippen molar-refractivity contribution in [1.82, 2.24) is 16.0 Å². The molecule has 1 unspecified atom stereocenters. The minimum atomic E-state index is -5.16. The molecule has 4 bridgehead atoms. The number of ether oxygens (including phenoxy) is 1. The Bertz CT molecular complexity index is 972. The maximum atomic E-state index is 13.1. The predicted molar refractivity (Wildman–Crippen MR) is 136 cm³/mol. The average molecular weight is 580 g/mol. The normalized spacial score (nSPS) is 31.7. The zero-order chi connectivity index (χ0) is 27.7. The van der Waals surface area contributed by atoms with Crippen LogP contribution in [0, 0.1) is 35.0 Å². The van der Waals surface area contributed by atoms with E-state index in [0.29, 0.717) is 13.0 Å². The van der Waals surface area contributed by atoms with Gasteiger partial charge in [-0.15, -0.1) is 0 Å². The summed E-state index contributed by atoms with van der Waals surface area (Å²) < 4.78 is 40.1. The van der Waals surface area contributed by atoms with E-state index in [2.05, 4.69) is 16.0 Å². The molecule has 3 amide bonds. The first-order chi connectivity index (χ1) is 17.8. The minimum Gasteiger partial charge on any atom is -0.746 e. The van der Waals surface area contributed by atoms with Crippen molar-refractivity contribution in [2.24, 2.45) is 35.0 Å². The SMILES string of the molecule is CC(C)C[C@H](NC(=O)OCCC12CC3CC(CC(C3)C1)C2)C(=O)N[C@@H](C[C@@H]1CCNC1=O)C(O)S(=O)(=O)[O-].[Na+]. The van der Waals surface area contributed by atoms with Crippen LogP contribution in [-0.2, 0) is 24.4 Å². The molecule has 4 atom stereocenters. The molecule has 1 aliphatic heterocycles. The van der Waals surface area contributed by atoms with Crippen molar-refractivity contribution in [1.29, 1.82) is 0 Å². The Morgan fingerprint density at radius 2 is 1.72 bits per heavy atom. The molecule has 0 aromatic heterocycles. The molecule has 1 heterocycles. The maximum absolute atomic E-state index is 13.1. The number of rotatable bonds is 12. The van der Waals surface area contributed by atoms with Crippen LogP contribution in [0.5, 0.6) is 0 Å². The van der Waals surface area contributed by atoms with Crippen LogP contribution < -0.4 is 45.5 Å². The first-order valence-electron chi connectivity index (χ1n) is 14.0. The van der Waals surface area contributed by atoms with Crippen molar-refractivity contribution in [3.05, 3.63) is 0 Å². The van der Waals surface area contributed by atoms with Crippen molar-refractivity contribution in [3.63, 3.8) is 0 Å². The maximum Gasteiger partial charge on any atom is 1.00 e. The molecule has 0 aromatic rings. The smallest absolute Gasteiger partial charge is 0.746 e. The zero-order valence-electron chi connectivity index (χ0n) is 23.3. The van der Waals surface area contributed by atoms with E-state index in [1.165, 1.54) is 38.5 Å². The molecule has 4 saturated carbocycles. The van der Waals surface area contributed by atoms with E-state index in [0.717, 1.165) is 24.2 Å². The molecule has 5 rings (SSSR count). The standard InChI is InChI=1S/C26H43N3O8S.Na/c1-15(2)7-20(23(31)28-21(24(32)38(34,35)36)11-19-3-5-27-22(19)30)29-25(33)37-6-4-26-12-16-8-17(13-26)10-18(9-16)14-26;/h15-21,24,32H,3-14H2,1-2H3,(H,27,30)(H,28,31)(H,29,33)(H,34,35,36);/q;+1/p-1/t16?,17?,18?,19-,20-,21-,24?,26?;/m0./s1. The number of carbonyl (C=O) groups is 3. The van der Waals surface area contributed by atoms with E-state index in [4.69, 9.17) is 4.74 Å². The van der Waals surface area contributed by atoms with Crippen molar-refractivity contribution < 1.29 is 66.8 Å². The fourth-order valence-electron chi connectivity index (χ4n) is 7.75. The van der Waals surface area contributed by atoms with Crippen LogP contribution in [0.2, 0.25) is 0 Å². The predicted octanol–water partition coefficient (Wildman–Crippen LogP) is -1.39. The fraction of sp³-hybridized carbons (Fsp3) is 0.885. The summed E-state index contributed by atoms with van der Waals surface area (Å²) in [6.45, 7) is 4.37. The van der Waals surface area contributed by atoms with E-state index >= 15 is 0 Å². The van der Waals surface area contributed by atoms with Crippen LogP contribution in [0.1, 0.15) is 78.1 Å². The third-order valence-corrected chi connectivity index (χ3v) is 9.94. The van der Waals surface area contributed by atoms with E-state index < -0.39 is 45.6 Å². The summed E-state index contributed by atoms with van der Waals surface area (Å²) in [5.41, 5.74) is -2.17. The Morgan fingerprint density at radius 1 is 1.13 bits per heavy atom. The van der Waals surface area contributed by atoms with Gasteiger partial charge in [0.2, 0.25) is 11.8 Å². The average Bonchev–Trinajstić information content (AvgIpc) is 3.20.